The molecule has 0 saturated heterocycles. The second kappa shape index (κ2) is 23.5. The number of benzene rings is 2. The maximum absolute atomic E-state index is 13.0. The van der Waals surface area contributed by atoms with Gasteiger partial charge in [0.25, 0.3) is 0 Å². The standard InChI is InChI=1S/C30H41F4NO9/c31-8-9-37-10-11-38-12-13-39-14-15-40-16-17-41-18-19-42-20-21-43-22-23-44-29(36)27-6-1-2-7-28(27)35-26-5-3-4-25(24-26)30(32,33)34/h1-7,24,35H,8-23H2. The van der Waals surface area contributed by atoms with Gasteiger partial charge in [-0.15, -0.1) is 0 Å². The van der Waals surface area contributed by atoms with E-state index in [-0.39, 0.29) is 31.1 Å². The van der Waals surface area contributed by atoms with Crippen molar-refractivity contribution >= 4 is 17.3 Å². The van der Waals surface area contributed by atoms with E-state index < -0.39 is 24.4 Å². The van der Waals surface area contributed by atoms with Crippen LogP contribution in [-0.4, -0.2) is 112 Å². The van der Waals surface area contributed by atoms with Crippen LogP contribution >= 0.6 is 0 Å². The molecule has 14 heteroatoms. The number of para-hydroxylation sites is 1. The van der Waals surface area contributed by atoms with E-state index >= 15 is 0 Å². The number of alkyl halides is 4. The largest absolute Gasteiger partial charge is 0.460 e. The number of halogens is 4. The molecule has 44 heavy (non-hydrogen) atoms. The van der Waals surface area contributed by atoms with Crippen LogP contribution in [0.4, 0.5) is 28.9 Å². The number of carbonyl (C=O) groups is 1. The zero-order valence-electron chi connectivity index (χ0n) is 24.6. The molecule has 1 N–H and O–H groups in total. The Morgan fingerprint density at radius 2 is 1.05 bits per heavy atom. The fraction of sp³-hybridized carbons (Fsp3) is 0.567. The third-order valence-electron chi connectivity index (χ3n) is 5.53. The number of nitrogens with one attached hydrogen (secondary N) is 1. The molecule has 0 bridgehead atoms. The second-order valence-electron chi connectivity index (χ2n) is 8.86. The number of hydrogen-bond donors (Lipinski definition) is 1. The van der Waals surface area contributed by atoms with Gasteiger partial charge in [0.2, 0.25) is 0 Å². The maximum Gasteiger partial charge on any atom is 0.416 e. The normalized spacial score (nSPS) is 11.5. The van der Waals surface area contributed by atoms with Crippen LogP contribution in [0.25, 0.3) is 0 Å². The van der Waals surface area contributed by atoms with Crippen molar-refractivity contribution in [2.24, 2.45) is 0 Å². The quantitative estimate of drug-likeness (QED) is 0.0890. The number of rotatable bonds is 26. The van der Waals surface area contributed by atoms with Crippen LogP contribution in [-0.2, 0) is 44.1 Å². The topological polar surface area (TPSA) is 103 Å². The Morgan fingerprint density at radius 1 is 0.591 bits per heavy atom. The van der Waals surface area contributed by atoms with Gasteiger partial charge in [-0.25, -0.2) is 9.18 Å². The molecule has 0 fully saturated rings. The van der Waals surface area contributed by atoms with E-state index in [4.69, 9.17) is 37.9 Å². The molecule has 0 spiro atoms. The summed E-state index contributed by atoms with van der Waals surface area (Å²) in [5, 5.41) is 2.85. The molecule has 2 aromatic rings. The summed E-state index contributed by atoms with van der Waals surface area (Å²) < 4.78 is 93.3. The molecule has 0 aliphatic rings. The van der Waals surface area contributed by atoms with E-state index in [9.17, 15) is 22.4 Å². The summed E-state index contributed by atoms with van der Waals surface area (Å²) in [4.78, 5) is 12.5. The maximum atomic E-state index is 13.0. The lowest BCUT2D eigenvalue weighted by Crippen LogP contribution is -2.15. The summed E-state index contributed by atoms with van der Waals surface area (Å²) >= 11 is 0. The molecule has 0 saturated carbocycles. The minimum atomic E-state index is -4.48. The Labute approximate surface area is 254 Å². The van der Waals surface area contributed by atoms with Gasteiger partial charge in [0, 0.05) is 5.69 Å². The Kier molecular flexibility index (Phi) is 20.0. The number of hydrogen-bond acceptors (Lipinski definition) is 10. The molecule has 0 heterocycles. The van der Waals surface area contributed by atoms with E-state index in [2.05, 4.69) is 5.32 Å². The number of carbonyl (C=O) groups excluding carboxylic acids is 1. The van der Waals surface area contributed by atoms with Gasteiger partial charge in [-0.1, -0.05) is 18.2 Å². The van der Waals surface area contributed by atoms with Gasteiger partial charge in [-0.3, -0.25) is 0 Å². The predicted octanol–water partition coefficient (Wildman–Crippen LogP) is 4.69. The Bertz CT molecular complexity index is 1030. The highest BCUT2D eigenvalue weighted by molar-refractivity contribution is 5.96. The van der Waals surface area contributed by atoms with Crippen molar-refractivity contribution in [1.29, 1.82) is 0 Å². The predicted molar refractivity (Wildman–Crippen MR) is 153 cm³/mol. The van der Waals surface area contributed by atoms with Crippen molar-refractivity contribution in [2.75, 3.05) is 111 Å². The Morgan fingerprint density at radius 3 is 1.52 bits per heavy atom. The molecular weight excluding hydrogens is 594 g/mol. The lowest BCUT2D eigenvalue weighted by atomic mass is 10.1. The third kappa shape index (κ3) is 17.4. The minimum absolute atomic E-state index is 0.00326. The molecule has 0 unspecified atom stereocenters. The number of anilines is 2. The van der Waals surface area contributed by atoms with Crippen molar-refractivity contribution in [3.05, 3.63) is 59.7 Å². The summed E-state index contributed by atoms with van der Waals surface area (Å²) in [6.45, 7) is 4.54. The molecule has 10 nitrogen and oxygen atoms in total. The van der Waals surface area contributed by atoms with E-state index in [0.717, 1.165) is 12.1 Å². The van der Waals surface area contributed by atoms with Crippen LogP contribution < -0.4 is 5.32 Å². The average Bonchev–Trinajstić information content (AvgIpc) is 3.01. The summed E-state index contributed by atoms with van der Waals surface area (Å²) in [6.07, 6.45) is -4.48. The molecule has 0 aliphatic carbocycles. The highest BCUT2D eigenvalue weighted by Gasteiger charge is 2.30. The fourth-order valence-electron chi connectivity index (χ4n) is 3.45. The molecule has 0 aliphatic heterocycles. The smallest absolute Gasteiger partial charge is 0.416 e. The highest BCUT2D eigenvalue weighted by Crippen LogP contribution is 2.32. The first-order valence-corrected chi connectivity index (χ1v) is 14.2. The number of esters is 1. The van der Waals surface area contributed by atoms with Gasteiger partial charge in [0.15, 0.2) is 0 Å². The fourth-order valence-corrected chi connectivity index (χ4v) is 3.45. The van der Waals surface area contributed by atoms with Crippen LogP contribution in [0.15, 0.2) is 48.5 Å². The molecule has 0 amide bonds. The SMILES string of the molecule is O=C(OCCOCCOCCOCCOCCOCCOCCOCCF)c1ccccc1Nc1cccc(C(F)(F)F)c1. The molecule has 0 atom stereocenters. The summed E-state index contributed by atoms with van der Waals surface area (Å²) in [5.74, 6) is -0.631. The molecule has 0 aromatic heterocycles. The van der Waals surface area contributed by atoms with Gasteiger partial charge < -0.3 is 43.2 Å². The molecule has 2 aromatic carbocycles. The van der Waals surface area contributed by atoms with Crippen molar-refractivity contribution in [2.45, 2.75) is 6.18 Å². The first-order valence-electron chi connectivity index (χ1n) is 14.2. The zero-order valence-corrected chi connectivity index (χ0v) is 24.6. The third-order valence-corrected chi connectivity index (χ3v) is 5.53. The zero-order chi connectivity index (χ0) is 31.7. The van der Waals surface area contributed by atoms with Crippen molar-refractivity contribution in [3.8, 4) is 0 Å². The number of ether oxygens (including phenoxy) is 8. The summed E-state index contributed by atoms with van der Waals surface area (Å²) in [7, 11) is 0. The second-order valence-corrected chi connectivity index (χ2v) is 8.86. The molecule has 248 valence electrons. The van der Waals surface area contributed by atoms with Crippen molar-refractivity contribution in [3.63, 3.8) is 0 Å². The molecular formula is C30H41F4NO9. The van der Waals surface area contributed by atoms with Crippen LogP contribution in [0.3, 0.4) is 0 Å². The van der Waals surface area contributed by atoms with Gasteiger partial charge in [0.1, 0.15) is 13.3 Å². The van der Waals surface area contributed by atoms with Gasteiger partial charge in [0.05, 0.1) is 109 Å². The van der Waals surface area contributed by atoms with Crippen molar-refractivity contribution < 1.29 is 60.3 Å². The van der Waals surface area contributed by atoms with E-state index in [0.29, 0.717) is 85.0 Å². The highest BCUT2D eigenvalue weighted by atomic mass is 19.4. The first-order chi connectivity index (χ1) is 21.4. The van der Waals surface area contributed by atoms with Crippen LogP contribution in [0, 0.1) is 0 Å². The van der Waals surface area contributed by atoms with Crippen LogP contribution in [0.5, 0.6) is 0 Å². The Hall–Kier alpha value is -2.85. The average molecular weight is 636 g/mol. The van der Waals surface area contributed by atoms with Crippen LogP contribution in [0.2, 0.25) is 0 Å². The molecule has 0 radical (unpaired) electrons. The first kappa shape index (κ1) is 37.3. The minimum Gasteiger partial charge on any atom is -0.460 e. The van der Waals surface area contributed by atoms with Crippen LogP contribution in [0.1, 0.15) is 15.9 Å². The lowest BCUT2D eigenvalue weighted by Gasteiger charge is -2.13. The van der Waals surface area contributed by atoms with Gasteiger partial charge >= 0.3 is 12.1 Å². The monoisotopic (exact) mass is 635 g/mol. The van der Waals surface area contributed by atoms with E-state index in [1.54, 1.807) is 18.2 Å². The van der Waals surface area contributed by atoms with E-state index in [1.807, 2.05) is 0 Å². The molecule has 2 rings (SSSR count). The van der Waals surface area contributed by atoms with Gasteiger partial charge in [-0.2, -0.15) is 13.2 Å². The van der Waals surface area contributed by atoms with E-state index in [1.165, 1.54) is 18.2 Å². The lowest BCUT2D eigenvalue weighted by molar-refractivity contribution is -0.137. The van der Waals surface area contributed by atoms with Gasteiger partial charge in [-0.05, 0) is 30.3 Å². The summed E-state index contributed by atoms with van der Waals surface area (Å²) in [5.41, 5.74) is -0.0994. The summed E-state index contributed by atoms with van der Waals surface area (Å²) in [6, 6.07) is 11.1. The Balaban J connectivity index is 1.42. The van der Waals surface area contributed by atoms with Crippen molar-refractivity contribution in [1.82, 2.24) is 0 Å².